The first-order valence-corrected chi connectivity index (χ1v) is 5.65. The van der Waals surface area contributed by atoms with Crippen LogP contribution in [-0.2, 0) is 0 Å². The van der Waals surface area contributed by atoms with Gasteiger partial charge in [0.1, 0.15) is 0 Å². The van der Waals surface area contributed by atoms with Crippen LogP contribution in [0.2, 0.25) is 0 Å². The van der Waals surface area contributed by atoms with Crippen LogP contribution in [0.1, 0.15) is 35.2 Å². The van der Waals surface area contributed by atoms with Gasteiger partial charge in [-0.1, -0.05) is 17.7 Å². The molecule has 1 fully saturated rings. The summed E-state index contributed by atoms with van der Waals surface area (Å²) < 4.78 is 0. The Hall–Kier alpha value is -1.35. The van der Waals surface area contributed by atoms with Gasteiger partial charge in [-0.2, -0.15) is 0 Å². The zero-order valence-corrected chi connectivity index (χ0v) is 9.49. The van der Waals surface area contributed by atoms with Gasteiger partial charge in [0.2, 0.25) is 0 Å². The Kier molecular flexibility index (Phi) is 2.97. The second-order valence-corrected chi connectivity index (χ2v) is 4.61. The predicted molar refractivity (Wildman–Crippen MR) is 62.3 cm³/mol. The molecule has 2 N–H and O–H groups in total. The van der Waals surface area contributed by atoms with Crippen LogP contribution in [0, 0.1) is 6.92 Å². The Morgan fingerprint density at radius 3 is 2.44 bits per heavy atom. The molecule has 0 radical (unpaired) electrons. The van der Waals surface area contributed by atoms with E-state index >= 15 is 0 Å². The van der Waals surface area contributed by atoms with E-state index in [1.54, 1.807) is 0 Å². The number of hydrogen-bond acceptors (Lipinski definition) is 2. The van der Waals surface area contributed by atoms with Gasteiger partial charge in [-0.05, 0) is 38.3 Å². The quantitative estimate of drug-likeness (QED) is 0.812. The fourth-order valence-corrected chi connectivity index (χ4v) is 1.94. The maximum absolute atomic E-state index is 11.9. The summed E-state index contributed by atoms with van der Waals surface area (Å²) in [5.41, 5.74) is 1.43. The second kappa shape index (κ2) is 4.26. The molecular formula is C13H17NO2. The number of nitrogens with one attached hydrogen (secondary N) is 1. The summed E-state index contributed by atoms with van der Waals surface area (Å²) in [6, 6.07) is 7.46. The third-order valence-corrected chi connectivity index (χ3v) is 3.31. The third-order valence-electron chi connectivity index (χ3n) is 3.31. The molecule has 1 aromatic carbocycles. The van der Waals surface area contributed by atoms with E-state index < -0.39 is 0 Å². The van der Waals surface area contributed by atoms with Crippen LogP contribution in [0.25, 0.3) is 0 Å². The summed E-state index contributed by atoms with van der Waals surface area (Å²) in [5.74, 6) is -0.0891. The molecular weight excluding hydrogens is 202 g/mol. The van der Waals surface area contributed by atoms with Crippen molar-refractivity contribution in [2.75, 3.05) is 6.61 Å². The van der Waals surface area contributed by atoms with Crippen LogP contribution in [0.3, 0.4) is 0 Å². The molecule has 1 amide bonds. The lowest BCUT2D eigenvalue weighted by Gasteiger charge is -2.40. The van der Waals surface area contributed by atoms with Gasteiger partial charge in [0, 0.05) is 5.56 Å². The number of aryl methyl sites for hydroxylation is 1. The fraction of sp³-hybridized carbons (Fsp3) is 0.462. The number of rotatable bonds is 3. The Morgan fingerprint density at radius 2 is 2.00 bits per heavy atom. The number of carbonyl (C=O) groups is 1. The standard InChI is InChI=1S/C13H17NO2/c1-10-3-5-11(6-4-10)12(16)14-13(9-15)7-2-8-13/h3-6,15H,2,7-9H2,1H3,(H,14,16). The van der Waals surface area contributed by atoms with E-state index in [0.29, 0.717) is 5.56 Å². The van der Waals surface area contributed by atoms with Gasteiger partial charge < -0.3 is 10.4 Å². The van der Waals surface area contributed by atoms with Crippen molar-refractivity contribution in [3.05, 3.63) is 35.4 Å². The van der Waals surface area contributed by atoms with E-state index in [1.165, 1.54) is 0 Å². The molecule has 2 rings (SSSR count). The molecule has 1 aliphatic carbocycles. The summed E-state index contributed by atoms with van der Waals surface area (Å²) in [5, 5.41) is 12.2. The summed E-state index contributed by atoms with van der Waals surface area (Å²) in [6.07, 6.45) is 2.83. The average molecular weight is 219 g/mol. The lowest BCUT2D eigenvalue weighted by atomic mass is 9.77. The van der Waals surface area contributed by atoms with Gasteiger partial charge in [0.25, 0.3) is 5.91 Å². The summed E-state index contributed by atoms with van der Waals surface area (Å²) in [6.45, 7) is 2.02. The molecule has 3 nitrogen and oxygen atoms in total. The predicted octanol–water partition coefficient (Wildman–Crippen LogP) is 1.64. The normalized spacial score (nSPS) is 17.6. The lowest BCUT2D eigenvalue weighted by molar-refractivity contribution is 0.0641. The molecule has 0 atom stereocenters. The molecule has 0 bridgehead atoms. The van der Waals surface area contributed by atoms with Crippen LogP contribution >= 0.6 is 0 Å². The molecule has 0 saturated heterocycles. The summed E-state index contributed by atoms with van der Waals surface area (Å²) in [4.78, 5) is 11.9. The number of aliphatic hydroxyl groups excluding tert-OH is 1. The van der Waals surface area contributed by atoms with Crippen LogP contribution < -0.4 is 5.32 Å². The summed E-state index contributed by atoms with van der Waals surface area (Å²) >= 11 is 0. The zero-order valence-electron chi connectivity index (χ0n) is 9.49. The van der Waals surface area contributed by atoms with Crippen molar-refractivity contribution in [1.82, 2.24) is 5.32 Å². The van der Waals surface area contributed by atoms with Gasteiger partial charge in [0.05, 0.1) is 12.1 Å². The minimum Gasteiger partial charge on any atom is -0.394 e. The van der Waals surface area contributed by atoms with Crippen molar-refractivity contribution in [2.24, 2.45) is 0 Å². The van der Waals surface area contributed by atoms with E-state index in [4.69, 9.17) is 0 Å². The molecule has 3 heteroatoms. The molecule has 0 heterocycles. The van der Waals surface area contributed by atoms with Crippen LogP contribution in [-0.4, -0.2) is 23.2 Å². The highest BCUT2D eigenvalue weighted by atomic mass is 16.3. The van der Waals surface area contributed by atoms with Crippen molar-refractivity contribution in [2.45, 2.75) is 31.7 Å². The van der Waals surface area contributed by atoms with Crippen LogP contribution in [0.5, 0.6) is 0 Å². The first kappa shape index (κ1) is 11.1. The molecule has 1 saturated carbocycles. The highest BCUT2D eigenvalue weighted by molar-refractivity contribution is 5.94. The van der Waals surface area contributed by atoms with Crippen molar-refractivity contribution in [3.8, 4) is 0 Å². The molecule has 0 spiro atoms. The van der Waals surface area contributed by atoms with E-state index in [0.717, 1.165) is 24.8 Å². The maximum atomic E-state index is 11.9. The average Bonchev–Trinajstić information content (AvgIpc) is 2.24. The van der Waals surface area contributed by atoms with E-state index in [1.807, 2.05) is 31.2 Å². The molecule has 1 aromatic rings. The number of amides is 1. The minimum atomic E-state index is -0.359. The van der Waals surface area contributed by atoms with Gasteiger partial charge in [-0.3, -0.25) is 4.79 Å². The number of aliphatic hydroxyl groups is 1. The smallest absolute Gasteiger partial charge is 0.251 e. The molecule has 1 aliphatic rings. The van der Waals surface area contributed by atoms with Crippen molar-refractivity contribution in [3.63, 3.8) is 0 Å². The summed E-state index contributed by atoms with van der Waals surface area (Å²) in [7, 11) is 0. The van der Waals surface area contributed by atoms with Crippen molar-refractivity contribution < 1.29 is 9.90 Å². The Balaban J connectivity index is 2.05. The lowest BCUT2D eigenvalue weighted by Crippen LogP contribution is -2.56. The van der Waals surface area contributed by atoms with Gasteiger partial charge >= 0.3 is 0 Å². The third kappa shape index (κ3) is 2.09. The van der Waals surface area contributed by atoms with Gasteiger partial charge in [-0.25, -0.2) is 0 Å². The molecule has 16 heavy (non-hydrogen) atoms. The fourth-order valence-electron chi connectivity index (χ4n) is 1.94. The SMILES string of the molecule is Cc1ccc(C(=O)NC2(CO)CCC2)cc1. The Bertz CT molecular complexity index is 374. The zero-order chi connectivity index (χ0) is 11.6. The number of hydrogen-bond donors (Lipinski definition) is 2. The topological polar surface area (TPSA) is 49.3 Å². The number of carbonyl (C=O) groups excluding carboxylic acids is 1. The largest absolute Gasteiger partial charge is 0.394 e. The maximum Gasteiger partial charge on any atom is 0.251 e. The number of benzene rings is 1. The second-order valence-electron chi connectivity index (χ2n) is 4.61. The monoisotopic (exact) mass is 219 g/mol. The molecule has 86 valence electrons. The Labute approximate surface area is 95.5 Å². The van der Waals surface area contributed by atoms with E-state index in [9.17, 15) is 9.90 Å². The molecule has 0 aromatic heterocycles. The Morgan fingerprint density at radius 1 is 1.38 bits per heavy atom. The first-order chi connectivity index (χ1) is 7.65. The van der Waals surface area contributed by atoms with E-state index in [-0.39, 0.29) is 18.1 Å². The van der Waals surface area contributed by atoms with Crippen molar-refractivity contribution >= 4 is 5.91 Å². The molecule has 0 aliphatic heterocycles. The van der Waals surface area contributed by atoms with Crippen molar-refractivity contribution in [1.29, 1.82) is 0 Å². The highest BCUT2D eigenvalue weighted by Gasteiger charge is 2.37. The highest BCUT2D eigenvalue weighted by Crippen LogP contribution is 2.31. The van der Waals surface area contributed by atoms with Crippen LogP contribution in [0.4, 0.5) is 0 Å². The first-order valence-electron chi connectivity index (χ1n) is 5.65. The van der Waals surface area contributed by atoms with Gasteiger partial charge in [-0.15, -0.1) is 0 Å². The van der Waals surface area contributed by atoms with Crippen LogP contribution in [0.15, 0.2) is 24.3 Å². The molecule has 0 unspecified atom stereocenters. The minimum absolute atomic E-state index is 0.0323. The van der Waals surface area contributed by atoms with Gasteiger partial charge in [0.15, 0.2) is 0 Å². The van der Waals surface area contributed by atoms with E-state index in [2.05, 4.69) is 5.32 Å².